The maximum atomic E-state index is 8.82. The monoisotopic (exact) mass is 229 g/mol. The lowest BCUT2D eigenvalue weighted by atomic mass is 10.2. The SMILES string of the molecule is Cc1cnc(CNc2nccc(C#N)c2N)o1. The number of nitrogen functional groups attached to an aromatic ring is 1. The Bertz CT molecular complexity index is 569. The predicted octanol–water partition coefficient (Wildman–Crippen LogP) is 1.44. The van der Waals surface area contributed by atoms with Gasteiger partial charge in [-0.15, -0.1) is 0 Å². The van der Waals surface area contributed by atoms with E-state index in [-0.39, 0.29) is 0 Å². The zero-order valence-electron chi connectivity index (χ0n) is 9.27. The average molecular weight is 229 g/mol. The van der Waals surface area contributed by atoms with Crippen molar-refractivity contribution in [3.8, 4) is 6.07 Å². The molecule has 0 aliphatic heterocycles. The van der Waals surface area contributed by atoms with Crippen LogP contribution in [-0.2, 0) is 6.54 Å². The van der Waals surface area contributed by atoms with E-state index in [4.69, 9.17) is 15.4 Å². The van der Waals surface area contributed by atoms with Crippen LogP contribution in [0.15, 0.2) is 22.9 Å². The summed E-state index contributed by atoms with van der Waals surface area (Å²) in [5.41, 5.74) is 6.49. The third kappa shape index (κ3) is 2.34. The number of nitrogens with two attached hydrogens (primary N) is 1. The molecule has 17 heavy (non-hydrogen) atoms. The van der Waals surface area contributed by atoms with Gasteiger partial charge in [0.25, 0.3) is 0 Å². The molecule has 6 heteroatoms. The van der Waals surface area contributed by atoms with E-state index in [9.17, 15) is 0 Å². The van der Waals surface area contributed by atoms with Crippen LogP contribution in [0, 0.1) is 18.3 Å². The molecule has 0 saturated heterocycles. The first-order valence-electron chi connectivity index (χ1n) is 5.00. The number of pyridine rings is 1. The number of nitriles is 1. The van der Waals surface area contributed by atoms with E-state index in [0.717, 1.165) is 5.76 Å². The molecule has 0 fully saturated rings. The summed E-state index contributed by atoms with van der Waals surface area (Å²) in [5.74, 6) is 1.75. The second-order valence-electron chi connectivity index (χ2n) is 3.45. The van der Waals surface area contributed by atoms with Crippen molar-refractivity contribution in [2.24, 2.45) is 0 Å². The van der Waals surface area contributed by atoms with Crippen molar-refractivity contribution in [3.05, 3.63) is 35.7 Å². The minimum Gasteiger partial charge on any atom is -0.444 e. The third-order valence-corrected chi connectivity index (χ3v) is 2.19. The van der Waals surface area contributed by atoms with Crippen LogP contribution in [-0.4, -0.2) is 9.97 Å². The molecule has 0 saturated carbocycles. The zero-order valence-corrected chi connectivity index (χ0v) is 9.27. The van der Waals surface area contributed by atoms with Crippen LogP contribution < -0.4 is 11.1 Å². The van der Waals surface area contributed by atoms with Gasteiger partial charge in [-0.2, -0.15) is 5.26 Å². The number of aryl methyl sites for hydroxylation is 1. The maximum absolute atomic E-state index is 8.82. The molecule has 0 amide bonds. The molecule has 0 aliphatic rings. The van der Waals surface area contributed by atoms with E-state index in [1.807, 2.05) is 13.0 Å². The fraction of sp³-hybridized carbons (Fsp3) is 0.182. The van der Waals surface area contributed by atoms with Crippen LogP contribution in [0.5, 0.6) is 0 Å². The fourth-order valence-electron chi connectivity index (χ4n) is 1.35. The Morgan fingerprint density at radius 3 is 3.00 bits per heavy atom. The highest BCUT2D eigenvalue weighted by atomic mass is 16.4. The van der Waals surface area contributed by atoms with Crippen LogP contribution in [0.4, 0.5) is 11.5 Å². The number of hydrogen-bond donors (Lipinski definition) is 2. The van der Waals surface area contributed by atoms with Crippen molar-refractivity contribution < 1.29 is 4.42 Å². The van der Waals surface area contributed by atoms with E-state index in [0.29, 0.717) is 29.5 Å². The van der Waals surface area contributed by atoms with Gasteiger partial charge in [-0.25, -0.2) is 9.97 Å². The molecule has 2 heterocycles. The lowest BCUT2D eigenvalue weighted by Crippen LogP contribution is -2.05. The van der Waals surface area contributed by atoms with Gasteiger partial charge >= 0.3 is 0 Å². The van der Waals surface area contributed by atoms with Crippen LogP contribution in [0.3, 0.4) is 0 Å². The second-order valence-corrected chi connectivity index (χ2v) is 3.45. The van der Waals surface area contributed by atoms with Gasteiger partial charge in [-0.1, -0.05) is 0 Å². The summed E-state index contributed by atoms with van der Waals surface area (Å²) in [5, 5.41) is 11.8. The molecule has 2 rings (SSSR count). The number of nitrogens with zero attached hydrogens (tertiary/aromatic N) is 3. The molecule has 6 nitrogen and oxygen atoms in total. The molecule has 2 aromatic heterocycles. The van der Waals surface area contributed by atoms with E-state index < -0.39 is 0 Å². The van der Waals surface area contributed by atoms with Crippen LogP contribution in [0.1, 0.15) is 17.2 Å². The number of rotatable bonds is 3. The Morgan fingerprint density at radius 2 is 2.35 bits per heavy atom. The molecule has 0 aromatic carbocycles. The Labute approximate surface area is 98.1 Å². The molecule has 0 bridgehead atoms. The van der Waals surface area contributed by atoms with Gasteiger partial charge in [-0.05, 0) is 13.0 Å². The number of hydrogen-bond acceptors (Lipinski definition) is 6. The maximum Gasteiger partial charge on any atom is 0.213 e. The second kappa shape index (κ2) is 4.53. The minimum absolute atomic E-state index is 0.332. The first-order chi connectivity index (χ1) is 8.20. The van der Waals surface area contributed by atoms with Crippen LogP contribution in [0.2, 0.25) is 0 Å². The van der Waals surface area contributed by atoms with Gasteiger partial charge < -0.3 is 15.5 Å². The summed E-state index contributed by atoms with van der Waals surface area (Å²) < 4.78 is 5.29. The predicted molar refractivity (Wildman–Crippen MR) is 61.9 cm³/mol. The lowest BCUT2D eigenvalue weighted by Gasteiger charge is -2.06. The number of nitrogens with one attached hydrogen (secondary N) is 1. The highest BCUT2D eigenvalue weighted by Crippen LogP contribution is 2.19. The molecule has 0 spiro atoms. The summed E-state index contributed by atoms with van der Waals surface area (Å²) in [6, 6.07) is 3.56. The molecule has 0 radical (unpaired) electrons. The smallest absolute Gasteiger partial charge is 0.213 e. The van der Waals surface area contributed by atoms with Crippen molar-refractivity contribution in [1.82, 2.24) is 9.97 Å². The molecule has 0 aliphatic carbocycles. The first kappa shape index (κ1) is 11.0. The summed E-state index contributed by atoms with van der Waals surface area (Å²) >= 11 is 0. The van der Waals surface area contributed by atoms with Gasteiger partial charge in [0.1, 0.15) is 11.8 Å². The van der Waals surface area contributed by atoms with Crippen molar-refractivity contribution in [2.75, 3.05) is 11.1 Å². The topological polar surface area (TPSA) is 101 Å². The largest absolute Gasteiger partial charge is 0.444 e. The molecule has 0 atom stereocenters. The summed E-state index contributed by atoms with van der Waals surface area (Å²) in [7, 11) is 0. The van der Waals surface area contributed by atoms with Gasteiger partial charge in [0.2, 0.25) is 5.89 Å². The zero-order chi connectivity index (χ0) is 12.3. The molecule has 86 valence electrons. The number of oxazole rings is 1. The standard InChI is InChI=1S/C11H11N5O/c1-7-5-15-9(17-7)6-16-11-10(13)8(4-12)2-3-14-11/h2-3,5H,6,13H2,1H3,(H,14,16). The van der Waals surface area contributed by atoms with Crippen molar-refractivity contribution in [2.45, 2.75) is 13.5 Å². The van der Waals surface area contributed by atoms with Gasteiger partial charge in [-0.3, -0.25) is 0 Å². The molecule has 2 aromatic rings. The highest BCUT2D eigenvalue weighted by Gasteiger charge is 2.07. The van der Waals surface area contributed by atoms with Crippen molar-refractivity contribution >= 4 is 11.5 Å². The molecule has 0 unspecified atom stereocenters. The Morgan fingerprint density at radius 1 is 1.53 bits per heavy atom. The molecule has 3 N–H and O–H groups in total. The first-order valence-corrected chi connectivity index (χ1v) is 5.00. The quantitative estimate of drug-likeness (QED) is 0.825. The van der Waals surface area contributed by atoms with Gasteiger partial charge in [0, 0.05) is 6.20 Å². The van der Waals surface area contributed by atoms with Crippen molar-refractivity contribution in [3.63, 3.8) is 0 Å². The normalized spacial score (nSPS) is 9.88. The Balaban J connectivity index is 2.12. The number of anilines is 2. The lowest BCUT2D eigenvalue weighted by molar-refractivity contribution is 0.479. The summed E-state index contributed by atoms with van der Waals surface area (Å²) in [6.45, 7) is 2.19. The van der Waals surface area contributed by atoms with Gasteiger partial charge in [0.15, 0.2) is 5.82 Å². The number of aromatic nitrogens is 2. The Kier molecular flexibility index (Phi) is 2.92. The van der Waals surface area contributed by atoms with E-state index in [1.165, 1.54) is 6.20 Å². The van der Waals surface area contributed by atoms with Crippen LogP contribution >= 0.6 is 0 Å². The average Bonchev–Trinajstić information content (AvgIpc) is 2.74. The van der Waals surface area contributed by atoms with Crippen molar-refractivity contribution in [1.29, 1.82) is 5.26 Å². The summed E-state index contributed by atoms with van der Waals surface area (Å²) in [4.78, 5) is 8.09. The Hall–Kier alpha value is -2.55. The van der Waals surface area contributed by atoms with Gasteiger partial charge in [0.05, 0.1) is 24.0 Å². The van der Waals surface area contributed by atoms with Crippen LogP contribution in [0.25, 0.3) is 0 Å². The minimum atomic E-state index is 0.332. The van der Waals surface area contributed by atoms with E-state index in [1.54, 1.807) is 12.3 Å². The summed E-state index contributed by atoms with van der Waals surface area (Å²) in [6.07, 6.45) is 3.16. The van der Waals surface area contributed by atoms with E-state index in [2.05, 4.69) is 15.3 Å². The molecular formula is C11H11N5O. The van der Waals surface area contributed by atoms with E-state index >= 15 is 0 Å². The fourth-order valence-corrected chi connectivity index (χ4v) is 1.35. The highest BCUT2D eigenvalue weighted by molar-refractivity contribution is 5.68. The third-order valence-electron chi connectivity index (χ3n) is 2.19. The molecular weight excluding hydrogens is 218 g/mol.